The highest BCUT2D eigenvalue weighted by Crippen LogP contribution is 2.36. The third kappa shape index (κ3) is 3.34. The number of benzene rings is 2. The van der Waals surface area contributed by atoms with Gasteiger partial charge in [0.25, 0.3) is 5.91 Å². The Kier molecular flexibility index (Phi) is 4.76. The van der Waals surface area contributed by atoms with Crippen LogP contribution in [0.1, 0.15) is 20.8 Å². The number of pyridine rings is 1. The van der Waals surface area contributed by atoms with Crippen LogP contribution in [0.15, 0.2) is 36.4 Å². The van der Waals surface area contributed by atoms with Gasteiger partial charge in [0.1, 0.15) is 9.71 Å². The number of hydrogen-bond acceptors (Lipinski definition) is 6. The molecule has 0 aliphatic rings. The Balaban J connectivity index is 1.73. The van der Waals surface area contributed by atoms with E-state index in [0.717, 1.165) is 32.2 Å². The predicted molar refractivity (Wildman–Crippen MR) is 119 cm³/mol. The smallest absolute Gasteiger partial charge is 0.267 e. The van der Waals surface area contributed by atoms with Crippen LogP contribution in [-0.4, -0.2) is 25.1 Å². The number of carbonyl (C=O) groups is 1. The number of aromatic nitrogens is 1. The molecule has 0 radical (unpaired) electrons. The van der Waals surface area contributed by atoms with Gasteiger partial charge in [-0.1, -0.05) is 6.07 Å². The van der Waals surface area contributed by atoms with Gasteiger partial charge in [-0.05, 0) is 49.2 Å². The number of aryl methyl sites for hydroxylation is 2. The molecule has 2 aromatic heterocycles. The number of fused-ring (bicyclic) bond motifs is 2. The molecule has 2 heterocycles. The van der Waals surface area contributed by atoms with Crippen molar-refractivity contribution in [3.63, 3.8) is 0 Å². The van der Waals surface area contributed by atoms with Gasteiger partial charge in [0.2, 0.25) is 0 Å². The van der Waals surface area contributed by atoms with Crippen LogP contribution in [0.5, 0.6) is 11.5 Å². The second kappa shape index (κ2) is 7.25. The van der Waals surface area contributed by atoms with Crippen molar-refractivity contribution < 1.29 is 14.3 Å². The summed E-state index contributed by atoms with van der Waals surface area (Å²) in [5.41, 5.74) is 10.6. The van der Waals surface area contributed by atoms with Gasteiger partial charge in [0.05, 0.1) is 25.4 Å². The number of nitrogens with one attached hydrogen (secondary N) is 1. The molecule has 6 nitrogen and oxygen atoms in total. The lowest BCUT2D eigenvalue weighted by Crippen LogP contribution is -2.12. The molecule has 0 spiro atoms. The van der Waals surface area contributed by atoms with Crippen LogP contribution in [0.2, 0.25) is 0 Å². The molecule has 0 aliphatic heterocycles. The normalized spacial score (nSPS) is 11.0. The van der Waals surface area contributed by atoms with Crippen molar-refractivity contribution in [3.05, 3.63) is 52.4 Å². The monoisotopic (exact) mass is 407 g/mol. The van der Waals surface area contributed by atoms with E-state index in [4.69, 9.17) is 20.2 Å². The van der Waals surface area contributed by atoms with E-state index in [2.05, 4.69) is 18.3 Å². The number of thiophene rings is 1. The molecule has 29 heavy (non-hydrogen) atoms. The standard InChI is InChI=1S/C22H21N3O3S/c1-11-7-12(2)14-10-15-19(23)20(29-22(15)25-16(14)8-11)21(26)24-13-5-6-17(27-3)18(9-13)28-4/h5-10H,23H2,1-4H3,(H,24,26). The molecule has 7 heteroatoms. The average molecular weight is 407 g/mol. The topological polar surface area (TPSA) is 86.5 Å². The zero-order valence-electron chi connectivity index (χ0n) is 16.6. The SMILES string of the molecule is COc1ccc(NC(=O)c2sc3nc4cc(C)cc(C)c4cc3c2N)cc1OC. The van der Waals surface area contributed by atoms with Crippen LogP contribution >= 0.6 is 11.3 Å². The van der Waals surface area contributed by atoms with Gasteiger partial charge in [-0.3, -0.25) is 4.79 Å². The number of ether oxygens (including phenoxy) is 2. The number of methoxy groups -OCH3 is 2. The summed E-state index contributed by atoms with van der Waals surface area (Å²) in [5.74, 6) is 0.844. The summed E-state index contributed by atoms with van der Waals surface area (Å²) < 4.78 is 10.5. The summed E-state index contributed by atoms with van der Waals surface area (Å²) in [6, 6.07) is 11.4. The maximum absolute atomic E-state index is 12.9. The van der Waals surface area contributed by atoms with Gasteiger partial charge in [-0.15, -0.1) is 11.3 Å². The van der Waals surface area contributed by atoms with Crippen molar-refractivity contribution in [2.45, 2.75) is 13.8 Å². The first-order valence-corrected chi connectivity index (χ1v) is 9.86. The summed E-state index contributed by atoms with van der Waals surface area (Å²) in [6.07, 6.45) is 0. The van der Waals surface area contributed by atoms with Gasteiger partial charge >= 0.3 is 0 Å². The fourth-order valence-electron chi connectivity index (χ4n) is 3.43. The molecule has 4 aromatic rings. The molecular weight excluding hydrogens is 386 g/mol. The highest BCUT2D eigenvalue weighted by Gasteiger charge is 2.19. The highest BCUT2D eigenvalue weighted by atomic mass is 32.1. The second-order valence-electron chi connectivity index (χ2n) is 6.86. The Hall–Kier alpha value is -3.32. The lowest BCUT2D eigenvalue weighted by atomic mass is 10.1. The van der Waals surface area contributed by atoms with E-state index in [0.29, 0.717) is 27.8 Å². The van der Waals surface area contributed by atoms with E-state index < -0.39 is 0 Å². The van der Waals surface area contributed by atoms with E-state index in [1.807, 2.05) is 19.1 Å². The minimum Gasteiger partial charge on any atom is -0.493 e. The van der Waals surface area contributed by atoms with Crippen molar-refractivity contribution in [1.82, 2.24) is 4.98 Å². The van der Waals surface area contributed by atoms with E-state index in [-0.39, 0.29) is 5.91 Å². The van der Waals surface area contributed by atoms with Crippen molar-refractivity contribution in [3.8, 4) is 11.5 Å². The Labute approximate surface area is 172 Å². The largest absolute Gasteiger partial charge is 0.493 e. The minimum absolute atomic E-state index is 0.283. The zero-order valence-corrected chi connectivity index (χ0v) is 17.4. The molecule has 0 saturated carbocycles. The minimum atomic E-state index is -0.283. The predicted octanol–water partition coefficient (Wildman–Crippen LogP) is 4.92. The third-order valence-corrected chi connectivity index (χ3v) is 5.95. The summed E-state index contributed by atoms with van der Waals surface area (Å²) in [7, 11) is 3.11. The number of carbonyl (C=O) groups excluding carboxylic acids is 1. The maximum atomic E-state index is 12.9. The van der Waals surface area contributed by atoms with E-state index in [1.165, 1.54) is 11.3 Å². The second-order valence-corrected chi connectivity index (χ2v) is 7.86. The molecule has 0 unspecified atom stereocenters. The molecule has 0 fully saturated rings. The average Bonchev–Trinajstić information content (AvgIpc) is 3.02. The summed E-state index contributed by atoms with van der Waals surface area (Å²) in [5, 5.41) is 4.72. The molecule has 0 bridgehead atoms. The van der Waals surface area contributed by atoms with Gasteiger partial charge in [0.15, 0.2) is 11.5 Å². The van der Waals surface area contributed by atoms with Gasteiger partial charge in [-0.2, -0.15) is 0 Å². The summed E-state index contributed by atoms with van der Waals surface area (Å²) in [6.45, 7) is 4.10. The fourth-order valence-corrected chi connectivity index (χ4v) is 4.41. The third-order valence-electron chi connectivity index (χ3n) is 4.83. The summed E-state index contributed by atoms with van der Waals surface area (Å²) >= 11 is 1.29. The van der Waals surface area contributed by atoms with Gasteiger partial charge in [-0.25, -0.2) is 4.98 Å². The van der Waals surface area contributed by atoms with Gasteiger partial charge in [0, 0.05) is 22.5 Å². The number of nitrogen functional groups attached to an aromatic ring is 1. The Morgan fingerprint density at radius 3 is 2.52 bits per heavy atom. The molecule has 0 atom stereocenters. The van der Waals surface area contributed by atoms with E-state index in [9.17, 15) is 4.79 Å². The zero-order chi connectivity index (χ0) is 20.7. The lowest BCUT2D eigenvalue weighted by molar-refractivity contribution is 0.103. The number of nitrogens with zero attached hydrogens (tertiary/aromatic N) is 1. The first kappa shape index (κ1) is 19.0. The maximum Gasteiger partial charge on any atom is 0.267 e. The summed E-state index contributed by atoms with van der Waals surface area (Å²) in [4.78, 5) is 18.8. The van der Waals surface area contributed by atoms with Gasteiger partial charge < -0.3 is 20.5 Å². The first-order chi connectivity index (χ1) is 13.9. The molecule has 148 valence electrons. The van der Waals surface area contributed by atoms with E-state index >= 15 is 0 Å². The van der Waals surface area contributed by atoms with Crippen LogP contribution in [0.25, 0.3) is 21.1 Å². The van der Waals surface area contributed by atoms with Crippen molar-refractivity contribution in [2.75, 3.05) is 25.3 Å². The molecular formula is C22H21N3O3S. The number of anilines is 2. The quantitative estimate of drug-likeness (QED) is 0.501. The Morgan fingerprint density at radius 1 is 1.03 bits per heavy atom. The van der Waals surface area contributed by atoms with Crippen molar-refractivity contribution in [2.24, 2.45) is 0 Å². The van der Waals surface area contributed by atoms with Crippen LogP contribution in [-0.2, 0) is 0 Å². The van der Waals surface area contributed by atoms with E-state index in [1.54, 1.807) is 32.4 Å². The number of nitrogens with two attached hydrogens (primary N) is 1. The fraction of sp³-hybridized carbons (Fsp3) is 0.182. The Bertz CT molecular complexity index is 1260. The number of hydrogen-bond donors (Lipinski definition) is 2. The molecule has 2 aromatic carbocycles. The molecule has 4 rings (SSSR count). The molecule has 3 N–H and O–H groups in total. The number of rotatable bonds is 4. The first-order valence-electron chi connectivity index (χ1n) is 9.04. The molecule has 0 saturated heterocycles. The Morgan fingerprint density at radius 2 is 1.79 bits per heavy atom. The lowest BCUT2D eigenvalue weighted by Gasteiger charge is -2.10. The molecule has 1 amide bonds. The van der Waals surface area contributed by atoms with Crippen molar-refractivity contribution in [1.29, 1.82) is 0 Å². The van der Waals surface area contributed by atoms with Crippen molar-refractivity contribution >= 4 is 49.7 Å². The van der Waals surface area contributed by atoms with Crippen LogP contribution < -0.4 is 20.5 Å². The van der Waals surface area contributed by atoms with Crippen LogP contribution in [0.3, 0.4) is 0 Å². The molecule has 0 aliphatic carbocycles. The van der Waals surface area contributed by atoms with Crippen LogP contribution in [0.4, 0.5) is 11.4 Å². The highest BCUT2D eigenvalue weighted by molar-refractivity contribution is 7.21. The van der Waals surface area contributed by atoms with Crippen LogP contribution in [0, 0.1) is 13.8 Å². The number of amides is 1.